The average Bonchev–Trinajstić information content (AvgIpc) is 2.91. The van der Waals surface area contributed by atoms with Crippen LogP contribution in [0, 0.1) is 0 Å². The van der Waals surface area contributed by atoms with Crippen LogP contribution in [-0.4, -0.2) is 35.5 Å². The van der Waals surface area contributed by atoms with Crippen molar-refractivity contribution >= 4 is 33.5 Å². The number of hydrogen-bond acceptors (Lipinski definition) is 8. The molecule has 2 heterocycles. The summed E-state index contributed by atoms with van der Waals surface area (Å²) in [4.78, 5) is 17.1. The molecule has 0 saturated heterocycles. The lowest BCUT2D eigenvalue weighted by molar-refractivity contribution is 0.378. The second kappa shape index (κ2) is 11.8. The minimum atomic E-state index is -4.07. The summed E-state index contributed by atoms with van der Waals surface area (Å²) in [5, 5.41) is -0.134. The van der Waals surface area contributed by atoms with Crippen LogP contribution in [0.2, 0.25) is 5.15 Å². The molecule has 0 amide bonds. The molecule has 0 spiro atoms. The molecule has 0 bridgehead atoms. The van der Waals surface area contributed by atoms with Crippen molar-refractivity contribution in [2.75, 3.05) is 11.8 Å². The van der Waals surface area contributed by atoms with Gasteiger partial charge in [0.25, 0.3) is 10.0 Å². The van der Waals surface area contributed by atoms with Gasteiger partial charge in [-0.05, 0) is 36.3 Å². The third kappa shape index (κ3) is 6.41. The first kappa shape index (κ1) is 26.1. The monoisotopic (exact) mass is 537 g/mol. The van der Waals surface area contributed by atoms with Crippen LogP contribution < -0.4 is 14.2 Å². The van der Waals surface area contributed by atoms with Crippen molar-refractivity contribution in [3.8, 4) is 28.9 Å². The summed E-state index contributed by atoms with van der Waals surface area (Å²) in [6.07, 6.45) is 5.57. The second-order valence-corrected chi connectivity index (χ2v) is 9.81. The van der Waals surface area contributed by atoms with Crippen LogP contribution in [0.4, 0.5) is 5.82 Å². The van der Waals surface area contributed by atoms with Gasteiger partial charge in [0.2, 0.25) is 11.6 Å². The predicted molar refractivity (Wildman–Crippen MR) is 143 cm³/mol. The third-order valence-electron chi connectivity index (χ3n) is 5.07. The number of methoxy groups -OCH3 is 1. The van der Waals surface area contributed by atoms with Gasteiger partial charge >= 0.3 is 0 Å². The number of allylic oxidation sites excluding steroid dienone is 1. The van der Waals surface area contributed by atoms with Gasteiger partial charge in [0.1, 0.15) is 0 Å². The van der Waals surface area contributed by atoms with Crippen molar-refractivity contribution in [2.45, 2.75) is 19.8 Å². The molecule has 1 N–H and O–H groups in total. The lowest BCUT2D eigenvalue weighted by Crippen LogP contribution is -2.17. The van der Waals surface area contributed by atoms with Gasteiger partial charge < -0.3 is 9.47 Å². The molecule has 4 aromatic rings. The largest absolute Gasteiger partial charge is 0.493 e. The first-order valence-corrected chi connectivity index (χ1v) is 13.2. The summed E-state index contributed by atoms with van der Waals surface area (Å²) in [5.74, 6) is 0.655. The van der Waals surface area contributed by atoms with Gasteiger partial charge in [-0.2, -0.15) is 0 Å². The van der Waals surface area contributed by atoms with Crippen LogP contribution in [0.15, 0.2) is 78.0 Å². The number of anilines is 1. The summed E-state index contributed by atoms with van der Waals surface area (Å²) < 4.78 is 41.1. The fraction of sp³-hybridized carbons (Fsp3) is 0.154. The summed E-state index contributed by atoms with van der Waals surface area (Å²) in [5.41, 5.74) is 0.751. The number of para-hydroxylation sites is 2. The zero-order valence-electron chi connectivity index (χ0n) is 20.1. The molecule has 9 nitrogen and oxygen atoms in total. The number of benzene rings is 2. The molecule has 0 saturated carbocycles. The van der Waals surface area contributed by atoms with E-state index in [2.05, 4.69) is 24.7 Å². The molecule has 0 fully saturated rings. The lowest BCUT2D eigenvalue weighted by Gasteiger charge is -2.17. The zero-order valence-corrected chi connectivity index (χ0v) is 21.7. The Balaban J connectivity index is 1.82. The number of hydrogen-bond donors (Lipinski definition) is 1. The van der Waals surface area contributed by atoms with E-state index in [1.54, 1.807) is 36.4 Å². The molecule has 0 aliphatic carbocycles. The van der Waals surface area contributed by atoms with E-state index in [1.165, 1.54) is 19.5 Å². The Morgan fingerprint density at radius 3 is 2.30 bits per heavy atom. The predicted octanol–water partition coefficient (Wildman–Crippen LogP) is 5.97. The second-order valence-electron chi connectivity index (χ2n) is 7.72. The Hall–Kier alpha value is -4.02. The Labute approximate surface area is 220 Å². The van der Waals surface area contributed by atoms with Crippen LogP contribution in [0.3, 0.4) is 0 Å². The Morgan fingerprint density at radius 1 is 0.946 bits per heavy atom. The number of nitrogens with one attached hydrogen (secondary N) is 1. The molecule has 11 heteroatoms. The smallest absolute Gasteiger partial charge is 0.259 e. The number of rotatable bonds is 10. The molecule has 190 valence electrons. The summed E-state index contributed by atoms with van der Waals surface area (Å²) in [7, 11) is -2.58. The Morgan fingerprint density at radius 2 is 1.62 bits per heavy atom. The number of sulfonamides is 1. The van der Waals surface area contributed by atoms with Crippen LogP contribution >= 0.6 is 11.6 Å². The van der Waals surface area contributed by atoms with Crippen LogP contribution in [-0.2, 0) is 10.0 Å². The highest BCUT2D eigenvalue weighted by Crippen LogP contribution is 2.40. The van der Waals surface area contributed by atoms with E-state index in [4.69, 9.17) is 21.1 Å². The zero-order chi connectivity index (χ0) is 26.3. The SMILES string of the molecule is CCC/C(=C\c1ccccc1)S(=O)(=O)Nc1nc(-c2ncccn2)nc(Cl)c1Oc1ccccc1OC. The molecule has 4 rings (SSSR count). The van der Waals surface area contributed by atoms with Crippen molar-refractivity contribution in [1.29, 1.82) is 0 Å². The van der Waals surface area contributed by atoms with Crippen molar-refractivity contribution in [3.05, 3.63) is 88.7 Å². The van der Waals surface area contributed by atoms with Gasteiger partial charge in [-0.3, -0.25) is 4.72 Å². The fourth-order valence-corrected chi connectivity index (χ4v) is 4.87. The number of halogens is 1. The molecule has 0 aliphatic heterocycles. The van der Waals surface area contributed by atoms with Crippen molar-refractivity contribution in [2.24, 2.45) is 0 Å². The van der Waals surface area contributed by atoms with Gasteiger partial charge in [0.05, 0.1) is 12.0 Å². The van der Waals surface area contributed by atoms with E-state index in [1.807, 2.05) is 37.3 Å². The van der Waals surface area contributed by atoms with Crippen molar-refractivity contribution < 1.29 is 17.9 Å². The fourth-order valence-electron chi connectivity index (χ4n) is 3.37. The van der Waals surface area contributed by atoms with Gasteiger partial charge in [0.15, 0.2) is 28.3 Å². The average molecular weight is 538 g/mol. The number of nitrogens with zero attached hydrogens (tertiary/aromatic N) is 4. The van der Waals surface area contributed by atoms with Gasteiger partial charge in [0, 0.05) is 12.4 Å². The molecule has 37 heavy (non-hydrogen) atoms. The lowest BCUT2D eigenvalue weighted by atomic mass is 10.2. The maximum atomic E-state index is 13.6. The molecular weight excluding hydrogens is 514 g/mol. The minimum Gasteiger partial charge on any atom is -0.493 e. The molecule has 0 atom stereocenters. The Bertz CT molecular complexity index is 1500. The van der Waals surface area contributed by atoms with Gasteiger partial charge in [-0.15, -0.1) is 0 Å². The van der Waals surface area contributed by atoms with Crippen molar-refractivity contribution in [3.63, 3.8) is 0 Å². The number of aromatic nitrogens is 4. The normalized spacial score (nSPS) is 11.7. The van der Waals surface area contributed by atoms with Crippen LogP contribution in [0.1, 0.15) is 25.3 Å². The molecule has 0 radical (unpaired) electrons. The van der Waals surface area contributed by atoms with Crippen LogP contribution in [0.25, 0.3) is 17.7 Å². The van der Waals surface area contributed by atoms with E-state index in [9.17, 15) is 8.42 Å². The van der Waals surface area contributed by atoms with Crippen LogP contribution in [0.5, 0.6) is 17.2 Å². The van der Waals surface area contributed by atoms with Gasteiger partial charge in [-0.25, -0.2) is 28.4 Å². The molecule has 0 aliphatic rings. The molecule has 2 aromatic heterocycles. The highest BCUT2D eigenvalue weighted by Gasteiger charge is 2.25. The molecular formula is C26H24ClN5O4S. The summed E-state index contributed by atoms with van der Waals surface area (Å²) in [6.45, 7) is 1.90. The topological polar surface area (TPSA) is 116 Å². The van der Waals surface area contributed by atoms with Crippen molar-refractivity contribution in [1.82, 2.24) is 19.9 Å². The first-order chi connectivity index (χ1) is 17.9. The maximum absolute atomic E-state index is 13.6. The number of ether oxygens (including phenoxy) is 2. The third-order valence-corrected chi connectivity index (χ3v) is 6.80. The van der Waals surface area contributed by atoms with E-state index >= 15 is 0 Å². The highest BCUT2D eigenvalue weighted by molar-refractivity contribution is 7.96. The Kier molecular flexibility index (Phi) is 8.32. The van der Waals surface area contributed by atoms with Gasteiger partial charge in [-0.1, -0.05) is 67.4 Å². The van der Waals surface area contributed by atoms with E-state index in [0.29, 0.717) is 24.3 Å². The van der Waals surface area contributed by atoms with E-state index in [-0.39, 0.29) is 33.3 Å². The maximum Gasteiger partial charge on any atom is 0.259 e. The van der Waals surface area contributed by atoms with E-state index < -0.39 is 10.0 Å². The molecule has 2 aromatic carbocycles. The first-order valence-electron chi connectivity index (χ1n) is 11.4. The highest BCUT2D eigenvalue weighted by atomic mass is 35.5. The quantitative estimate of drug-likeness (QED) is 0.246. The minimum absolute atomic E-state index is 0.0276. The van der Waals surface area contributed by atoms with E-state index in [0.717, 1.165) is 5.56 Å². The standard InChI is InChI=1S/C26H24ClN5O4S/c1-3-10-19(17-18-11-5-4-6-12-18)37(33,34)32-24-22(36-21-14-8-7-13-20(21)35-2)23(27)30-26(31-24)25-28-15-9-16-29-25/h4-9,11-17H,3,10H2,1-2H3,(H,30,31,32)/b19-17+. The summed E-state index contributed by atoms with van der Waals surface area (Å²) >= 11 is 6.51. The summed E-state index contributed by atoms with van der Waals surface area (Å²) in [6, 6.07) is 17.7. The molecule has 0 unspecified atom stereocenters.